The number of rotatable bonds is 5. The Balaban J connectivity index is 1.37. The third-order valence-corrected chi connectivity index (χ3v) is 9.04. The molecule has 12 heteroatoms. The molecule has 3 aliphatic heterocycles. The summed E-state index contributed by atoms with van der Waals surface area (Å²) in [6, 6.07) is 2.04. The molecule has 1 atom stereocenters. The zero-order valence-electron chi connectivity index (χ0n) is 23.7. The van der Waals surface area contributed by atoms with E-state index >= 15 is 4.39 Å². The summed E-state index contributed by atoms with van der Waals surface area (Å²) in [5, 5.41) is 22.5. The second-order valence-electron chi connectivity index (χ2n) is 12.1. The van der Waals surface area contributed by atoms with Gasteiger partial charge in [0.1, 0.15) is 40.3 Å². The minimum Gasteiger partial charge on any atom is -0.461 e. The lowest BCUT2D eigenvalue weighted by Crippen LogP contribution is -2.44. The fourth-order valence-electron chi connectivity index (χ4n) is 6.85. The second kappa shape index (κ2) is 9.81. The number of anilines is 1. The summed E-state index contributed by atoms with van der Waals surface area (Å²) in [6.45, 7) is 9.54. The maximum Gasteiger partial charge on any atom is 0.319 e. The maximum absolute atomic E-state index is 16.6. The summed E-state index contributed by atoms with van der Waals surface area (Å²) in [5.41, 5.74) is 2.73. The molecule has 216 valence electrons. The number of β-amino-alcohol motifs (C(OH)–C–C–N with tert-alkyl or cyclic N) is 1. The van der Waals surface area contributed by atoms with E-state index in [0.29, 0.717) is 47.6 Å². The summed E-state index contributed by atoms with van der Waals surface area (Å²) in [6.07, 6.45) is 6.04. The first-order valence-electron chi connectivity index (χ1n) is 14.3. The quantitative estimate of drug-likeness (QED) is 0.374. The van der Waals surface area contributed by atoms with Crippen LogP contribution in [0.15, 0.2) is 12.3 Å². The van der Waals surface area contributed by atoms with Crippen LogP contribution in [0.4, 0.5) is 10.2 Å². The largest absolute Gasteiger partial charge is 0.461 e. The van der Waals surface area contributed by atoms with Gasteiger partial charge in [-0.2, -0.15) is 25.4 Å². The SMILES string of the molecule is Cc1cc2n[nH]nc2c(-c2ncc3c(N4CCOC[C@@](C)(O)C4)nc(OCC45CCCN4CCC5)nc3c2F)c1C. The van der Waals surface area contributed by atoms with Crippen LogP contribution in [0.1, 0.15) is 43.7 Å². The Morgan fingerprint density at radius 2 is 1.93 bits per heavy atom. The van der Waals surface area contributed by atoms with Gasteiger partial charge in [0.25, 0.3) is 0 Å². The summed E-state index contributed by atoms with van der Waals surface area (Å²) < 4.78 is 28.6. The summed E-state index contributed by atoms with van der Waals surface area (Å²) in [7, 11) is 0. The highest BCUT2D eigenvalue weighted by molar-refractivity contribution is 5.97. The first kappa shape index (κ1) is 26.4. The minimum atomic E-state index is -1.11. The number of halogens is 1. The van der Waals surface area contributed by atoms with E-state index in [1.54, 1.807) is 13.1 Å². The summed E-state index contributed by atoms with van der Waals surface area (Å²) in [4.78, 5) is 18.4. The van der Waals surface area contributed by atoms with Gasteiger partial charge in [0.2, 0.25) is 0 Å². The fourth-order valence-corrected chi connectivity index (χ4v) is 6.85. The first-order valence-corrected chi connectivity index (χ1v) is 14.3. The highest BCUT2D eigenvalue weighted by Crippen LogP contribution is 2.40. The number of hydrogen-bond donors (Lipinski definition) is 2. The maximum atomic E-state index is 16.6. The summed E-state index contributed by atoms with van der Waals surface area (Å²) >= 11 is 0. The molecule has 3 saturated heterocycles. The normalized spacial score (nSPS) is 22.9. The van der Waals surface area contributed by atoms with Crippen molar-refractivity contribution in [2.75, 3.05) is 50.9 Å². The van der Waals surface area contributed by atoms with Crippen molar-refractivity contribution in [1.29, 1.82) is 0 Å². The van der Waals surface area contributed by atoms with E-state index < -0.39 is 11.4 Å². The molecule has 7 rings (SSSR count). The van der Waals surface area contributed by atoms with Crippen molar-refractivity contribution in [3.63, 3.8) is 0 Å². The molecule has 11 nitrogen and oxygen atoms in total. The highest BCUT2D eigenvalue weighted by atomic mass is 19.1. The van der Waals surface area contributed by atoms with E-state index in [1.165, 1.54) is 0 Å². The van der Waals surface area contributed by atoms with Crippen LogP contribution < -0.4 is 9.64 Å². The Kier molecular flexibility index (Phi) is 6.32. The number of H-pyrrole nitrogens is 1. The molecular weight excluding hydrogens is 527 g/mol. The van der Waals surface area contributed by atoms with E-state index in [0.717, 1.165) is 49.9 Å². The molecule has 41 heavy (non-hydrogen) atoms. The first-order chi connectivity index (χ1) is 19.7. The van der Waals surface area contributed by atoms with Gasteiger partial charge in [0, 0.05) is 18.3 Å². The van der Waals surface area contributed by atoms with Crippen LogP contribution >= 0.6 is 0 Å². The van der Waals surface area contributed by atoms with Crippen molar-refractivity contribution in [3.05, 3.63) is 29.2 Å². The zero-order chi connectivity index (χ0) is 28.4. The van der Waals surface area contributed by atoms with Gasteiger partial charge >= 0.3 is 6.01 Å². The molecule has 4 aromatic rings. The van der Waals surface area contributed by atoms with Gasteiger partial charge in [-0.15, -0.1) is 0 Å². The molecule has 0 aliphatic carbocycles. The minimum absolute atomic E-state index is 0.0161. The number of nitrogens with zero attached hydrogens (tertiary/aromatic N) is 7. The predicted octanol–water partition coefficient (Wildman–Crippen LogP) is 3.31. The molecule has 2 N–H and O–H groups in total. The topological polar surface area (TPSA) is 125 Å². The molecule has 3 aliphatic rings. The van der Waals surface area contributed by atoms with Crippen LogP contribution in [0.5, 0.6) is 6.01 Å². The van der Waals surface area contributed by atoms with Gasteiger partial charge in [0.05, 0.1) is 30.7 Å². The number of ether oxygens (including phenoxy) is 2. The number of aromatic amines is 1. The molecule has 1 aromatic carbocycles. The molecule has 0 amide bonds. The van der Waals surface area contributed by atoms with Crippen molar-refractivity contribution in [3.8, 4) is 17.3 Å². The smallest absolute Gasteiger partial charge is 0.319 e. The lowest BCUT2D eigenvalue weighted by molar-refractivity contribution is -0.0123. The standard InChI is InChI=1S/C29H35FN8O3/c1-17-12-20-24(35-36-34-20)21(18(17)2)25-22(30)23-19(13-31-25)26(37-10-11-40-15-28(3,39)14-37)33-27(32-23)41-16-29-6-4-8-38(29)9-5-7-29/h12-13,39H,4-11,14-16H2,1-3H3,(H,34,35,36)/t28-/m0/s1. The number of aromatic nitrogens is 6. The van der Waals surface area contributed by atoms with Crippen molar-refractivity contribution < 1.29 is 19.0 Å². The van der Waals surface area contributed by atoms with E-state index in [-0.39, 0.29) is 35.9 Å². The van der Waals surface area contributed by atoms with Gasteiger partial charge in [-0.05, 0) is 76.7 Å². The molecule has 0 spiro atoms. The highest BCUT2D eigenvalue weighted by Gasteiger charge is 2.45. The Morgan fingerprint density at radius 1 is 1.12 bits per heavy atom. The third-order valence-electron chi connectivity index (χ3n) is 9.04. The number of benzene rings is 1. The second-order valence-corrected chi connectivity index (χ2v) is 12.1. The van der Waals surface area contributed by atoms with Crippen molar-refractivity contribution in [1.82, 2.24) is 35.3 Å². The van der Waals surface area contributed by atoms with E-state index in [9.17, 15) is 5.11 Å². The van der Waals surface area contributed by atoms with E-state index in [2.05, 4.69) is 30.3 Å². The molecular formula is C29H35FN8O3. The number of aryl methyl sites for hydroxylation is 1. The molecule has 0 unspecified atom stereocenters. The van der Waals surface area contributed by atoms with Gasteiger partial charge in [-0.3, -0.25) is 9.88 Å². The zero-order valence-corrected chi connectivity index (χ0v) is 23.7. The Bertz CT molecular complexity index is 1630. The van der Waals surface area contributed by atoms with E-state index in [1.807, 2.05) is 24.8 Å². The number of hydrogen-bond acceptors (Lipinski definition) is 10. The summed E-state index contributed by atoms with van der Waals surface area (Å²) in [5.74, 6) is -0.109. The molecule has 0 saturated carbocycles. The van der Waals surface area contributed by atoms with Crippen LogP contribution in [-0.4, -0.2) is 97.5 Å². The fraction of sp³-hybridized carbons (Fsp3) is 0.552. The van der Waals surface area contributed by atoms with Gasteiger partial charge in [-0.25, -0.2) is 4.39 Å². The molecule has 3 fully saturated rings. The monoisotopic (exact) mass is 562 g/mol. The number of nitrogens with one attached hydrogen (secondary N) is 1. The number of pyridine rings is 1. The molecule has 0 bridgehead atoms. The van der Waals surface area contributed by atoms with Crippen LogP contribution in [0.2, 0.25) is 0 Å². The Hall–Kier alpha value is -3.48. The lowest BCUT2D eigenvalue weighted by Gasteiger charge is -2.32. The van der Waals surface area contributed by atoms with Gasteiger partial charge in [0.15, 0.2) is 5.82 Å². The predicted molar refractivity (Wildman–Crippen MR) is 152 cm³/mol. The third kappa shape index (κ3) is 4.48. The average Bonchev–Trinajstić information content (AvgIpc) is 3.63. The van der Waals surface area contributed by atoms with Crippen LogP contribution in [0.25, 0.3) is 33.2 Å². The van der Waals surface area contributed by atoms with Crippen LogP contribution in [0, 0.1) is 19.7 Å². The van der Waals surface area contributed by atoms with Crippen molar-refractivity contribution in [2.24, 2.45) is 0 Å². The van der Waals surface area contributed by atoms with E-state index in [4.69, 9.17) is 14.5 Å². The Labute approximate surface area is 237 Å². The van der Waals surface area contributed by atoms with Crippen LogP contribution in [-0.2, 0) is 4.74 Å². The number of aliphatic hydroxyl groups is 1. The number of fused-ring (bicyclic) bond motifs is 3. The van der Waals surface area contributed by atoms with Crippen molar-refractivity contribution in [2.45, 2.75) is 57.6 Å². The van der Waals surface area contributed by atoms with Crippen molar-refractivity contribution >= 4 is 27.8 Å². The Morgan fingerprint density at radius 3 is 2.73 bits per heavy atom. The van der Waals surface area contributed by atoms with Crippen LogP contribution in [0.3, 0.4) is 0 Å². The molecule has 6 heterocycles. The van der Waals surface area contributed by atoms with Gasteiger partial charge in [-0.1, -0.05) is 0 Å². The molecule has 3 aromatic heterocycles. The average molecular weight is 563 g/mol. The lowest BCUT2D eigenvalue weighted by atomic mass is 9.95. The van der Waals surface area contributed by atoms with Gasteiger partial charge < -0.3 is 19.5 Å². The molecule has 0 radical (unpaired) electrons.